The molecule has 162 valence electrons. The summed E-state index contributed by atoms with van der Waals surface area (Å²) in [5.41, 5.74) is 0.623. The number of rotatable bonds is 5. The molecule has 0 heterocycles. The van der Waals surface area contributed by atoms with Crippen LogP contribution in [-0.4, -0.2) is 25.4 Å². The summed E-state index contributed by atoms with van der Waals surface area (Å²) in [5, 5.41) is 11.6. The molecule has 30 heavy (non-hydrogen) atoms. The van der Waals surface area contributed by atoms with Crippen molar-refractivity contribution < 1.29 is 13.5 Å². The van der Waals surface area contributed by atoms with Crippen LogP contribution in [-0.2, 0) is 20.7 Å². The summed E-state index contributed by atoms with van der Waals surface area (Å²) >= 11 is 6.07. The van der Waals surface area contributed by atoms with E-state index in [1.165, 1.54) is 0 Å². The van der Waals surface area contributed by atoms with Gasteiger partial charge in [-0.2, -0.15) is 8.42 Å². The van der Waals surface area contributed by atoms with Crippen molar-refractivity contribution in [2.75, 3.05) is 5.75 Å². The number of benzene rings is 2. The normalized spacial score (nSPS) is 28.7. The summed E-state index contributed by atoms with van der Waals surface area (Å²) < 4.78 is 30.8. The zero-order chi connectivity index (χ0) is 21.7. The summed E-state index contributed by atoms with van der Waals surface area (Å²) in [7, 11) is -4.75. The van der Waals surface area contributed by atoms with Crippen LogP contribution in [0.3, 0.4) is 0 Å². The van der Waals surface area contributed by atoms with Gasteiger partial charge in [-0.15, -0.1) is 3.77 Å². The van der Waals surface area contributed by atoms with Crippen LogP contribution in [0.5, 0.6) is 0 Å². The number of fused-ring (bicyclic) bond motifs is 2. The molecule has 4 rings (SSSR count). The standard InChI is InChI=1S/C23H28ClNO3S2/c1-16-4-10-20(11-5-16)30(27,28)25-29(19-8-6-18(24)7-9-19)15-23-13-12-17(14-21(23)26)22(23,2)3/h4-11,17,21,26H,12-15H2,1-3H3/t17-,21-,23-,29?/m1/s1. The second kappa shape index (κ2) is 7.73. The summed E-state index contributed by atoms with van der Waals surface area (Å²) in [6.45, 7) is 6.36. The lowest BCUT2D eigenvalue weighted by molar-refractivity contribution is 0.0164. The number of hydrogen-bond acceptors (Lipinski definition) is 3. The quantitative estimate of drug-likeness (QED) is 0.644. The molecule has 7 heteroatoms. The molecule has 2 aromatic carbocycles. The van der Waals surface area contributed by atoms with Crippen molar-refractivity contribution in [3.05, 3.63) is 59.1 Å². The number of hydrogen-bond donors (Lipinski definition) is 1. The molecule has 2 fully saturated rings. The Bertz CT molecular complexity index is 1080. The molecule has 0 spiro atoms. The molecule has 4 atom stereocenters. The third kappa shape index (κ3) is 3.66. The molecule has 2 aliphatic carbocycles. The fourth-order valence-electron chi connectivity index (χ4n) is 5.24. The number of aliphatic hydroxyl groups is 1. The number of halogens is 1. The third-order valence-electron chi connectivity index (χ3n) is 7.38. The molecule has 1 unspecified atom stereocenters. The van der Waals surface area contributed by atoms with Gasteiger partial charge >= 0.3 is 0 Å². The van der Waals surface area contributed by atoms with Gasteiger partial charge in [0.15, 0.2) is 0 Å². The Balaban J connectivity index is 1.81. The van der Waals surface area contributed by atoms with Crippen LogP contribution < -0.4 is 0 Å². The lowest BCUT2D eigenvalue weighted by Crippen LogP contribution is -2.43. The fraction of sp³-hybridized carbons (Fsp3) is 0.478. The van der Waals surface area contributed by atoms with Gasteiger partial charge in [-0.1, -0.05) is 53.8 Å². The summed E-state index contributed by atoms with van der Waals surface area (Å²) in [6, 6.07) is 14.0. The van der Waals surface area contributed by atoms with E-state index in [4.69, 9.17) is 11.6 Å². The van der Waals surface area contributed by atoms with Crippen molar-refractivity contribution in [2.45, 2.75) is 55.9 Å². The van der Waals surface area contributed by atoms with Gasteiger partial charge < -0.3 is 5.11 Å². The topological polar surface area (TPSA) is 66.7 Å². The monoisotopic (exact) mass is 465 g/mol. The van der Waals surface area contributed by atoms with E-state index in [-0.39, 0.29) is 15.7 Å². The van der Waals surface area contributed by atoms with Gasteiger partial charge in [0.05, 0.1) is 11.0 Å². The minimum Gasteiger partial charge on any atom is -0.392 e. The van der Waals surface area contributed by atoms with Crippen molar-refractivity contribution in [3.8, 4) is 0 Å². The van der Waals surface area contributed by atoms with Crippen molar-refractivity contribution in [3.63, 3.8) is 0 Å². The first-order chi connectivity index (χ1) is 14.0. The van der Waals surface area contributed by atoms with E-state index in [1.807, 2.05) is 19.1 Å². The summed E-state index contributed by atoms with van der Waals surface area (Å²) in [5.74, 6) is 1.00. The fourth-order valence-corrected chi connectivity index (χ4v) is 9.51. The maximum absolute atomic E-state index is 13.2. The molecule has 0 radical (unpaired) electrons. The largest absolute Gasteiger partial charge is 0.392 e. The van der Waals surface area contributed by atoms with Crippen molar-refractivity contribution in [1.29, 1.82) is 0 Å². The molecule has 1 N–H and O–H groups in total. The van der Waals surface area contributed by atoms with E-state index in [0.29, 0.717) is 16.7 Å². The van der Waals surface area contributed by atoms with Crippen molar-refractivity contribution >= 4 is 32.3 Å². The maximum atomic E-state index is 13.2. The van der Waals surface area contributed by atoms with Gasteiger partial charge in [0.1, 0.15) is 0 Å². The SMILES string of the molecule is Cc1ccc(S(=O)(=O)/N=S(\C[C@]23CC[C@H](C[C@H]2O)C3(C)C)c2ccc(Cl)cc2)cc1. The maximum Gasteiger partial charge on any atom is 0.288 e. The van der Waals surface area contributed by atoms with Crippen molar-refractivity contribution in [2.24, 2.45) is 20.5 Å². The summed E-state index contributed by atoms with van der Waals surface area (Å²) in [4.78, 5) is 1.04. The highest BCUT2D eigenvalue weighted by Crippen LogP contribution is 2.66. The minimum absolute atomic E-state index is 0.0484. The molecule has 4 nitrogen and oxygen atoms in total. The molecule has 2 aliphatic rings. The van der Waals surface area contributed by atoms with E-state index in [9.17, 15) is 13.5 Å². The zero-order valence-corrected chi connectivity index (χ0v) is 19.9. The van der Waals surface area contributed by atoms with Gasteiger partial charge in [-0.05, 0) is 73.9 Å². The average Bonchev–Trinajstić information content (AvgIpc) is 3.03. The minimum atomic E-state index is -3.83. The molecule has 2 aromatic rings. The molecular weight excluding hydrogens is 438 g/mol. The van der Waals surface area contributed by atoms with Crippen molar-refractivity contribution in [1.82, 2.24) is 0 Å². The molecule has 0 amide bonds. The molecule has 0 saturated heterocycles. The van der Waals surface area contributed by atoms with Gasteiger partial charge in [-0.3, -0.25) is 0 Å². The molecule has 0 aromatic heterocycles. The second-order valence-electron chi connectivity index (χ2n) is 9.19. The first-order valence-corrected chi connectivity index (χ1v) is 13.4. The average molecular weight is 466 g/mol. The smallest absolute Gasteiger partial charge is 0.288 e. The predicted octanol–water partition coefficient (Wildman–Crippen LogP) is 5.39. The van der Waals surface area contributed by atoms with Gasteiger partial charge in [-0.25, -0.2) is 0 Å². The Labute approximate surface area is 186 Å². The van der Waals surface area contributed by atoms with Gasteiger partial charge in [0.2, 0.25) is 0 Å². The highest BCUT2D eigenvalue weighted by atomic mass is 35.5. The van der Waals surface area contributed by atoms with E-state index in [1.54, 1.807) is 36.4 Å². The highest BCUT2D eigenvalue weighted by Gasteiger charge is 2.63. The molecular formula is C23H28ClNO3S2. The molecule has 0 aliphatic heterocycles. The third-order valence-corrected chi connectivity index (χ3v) is 11.6. The second-order valence-corrected chi connectivity index (χ2v) is 13.1. The Hall–Kier alpha value is -1.21. The number of sulfonamides is 1. The van der Waals surface area contributed by atoms with Crippen LogP contribution in [0.15, 0.2) is 62.1 Å². The predicted molar refractivity (Wildman–Crippen MR) is 122 cm³/mol. The lowest BCUT2D eigenvalue weighted by atomic mass is 9.70. The van der Waals surface area contributed by atoms with E-state index in [0.717, 1.165) is 29.7 Å². The van der Waals surface area contributed by atoms with Crippen LogP contribution >= 0.6 is 11.6 Å². The molecule has 2 saturated carbocycles. The number of aliphatic hydroxyl groups excluding tert-OH is 1. The van der Waals surface area contributed by atoms with Gasteiger partial charge in [0.25, 0.3) is 10.0 Å². The Morgan fingerprint density at radius 2 is 1.77 bits per heavy atom. The Kier molecular flexibility index (Phi) is 5.67. The lowest BCUT2D eigenvalue weighted by Gasteiger charge is -2.41. The number of aryl methyl sites for hydroxylation is 1. The number of nitrogens with zero attached hydrogens (tertiary/aromatic N) is 1. The van der Waals surface area contributed by atoms with Crippen LogP contribution in [0.25, 0.3) is 0 Å². The van der Waals surface area contributed by atoms with Gasteiger partial charge in [0, 0.05) is 21.1 Å². The van der Waals surface area contributed by atoms with E-state index in [2.05, 4.69) is 17.6 Å². The summed E-state index contributed by atoms with van der Waals surface area (Å²) in [6.07, 6.45) is 2.34. The first-order valence-electron chi connectivity index (χ1n) is 10.2. The zero-order valence-electron chi connectivity index (χ0n) is 17.5. The highest BCUT2D eigenvalue weighted by molar-refractivity contribution is 8.00. The van der Waals surface area contributed by atoms with Crippen LogP contribution in [0.4, 0.5) is 0 Å². The van der Waals surface area contributed by atoms with E-state index < -0.39 is 26.8 Å². The van der Waals surface area contributed by atoms with E-state index >= 15 is 0 Å². The first kappa shape index (κ1) is 22.0. The van der Waals surface area contributed by atoms with Crippen LogP contribution in [0, 0.1) is 23.7 Å². The Morgan fingerprint density at radius 1 is 1.13 bits per heavy atom. The Morgan fingerprint density at radius 3 is 2.30 bits per heavy atom. The molecule has 2 bridgehead atoms. The van der Waals surface area contributed by atoms with Crippen LogP contribution in [0.2, 0.25) is 5.02 Å². The van der Waals surface area contributed by atoms with Crippen LogP contribution in [0.1, 0.15) is 38.7 Å².